The number of nitrogens with zero attached hydrogens (tertiary/aromatic N) is 3. The van der Waals surface area contributed by atoms with Gasteiger partial charge < -0.3 is 10.1 Å². The maximum atomic E-state index is 12.8. The van der Waals surface area contributed by atoms with Gasteiger partial charge >= 0.3 is 0 Å². The molecular weight excluding hydrogens is 476 g/mol. The zero-order valence-electron chi connectivity index (χ0n) is 16.3. The summed E-state index contributed by atoms with van der Waals surface area (Å²) in [6, 6.07) is 10.0. The summed E-state index contributed by atoms with van der Waals surface area (Å²) in [6.45, 7) is 5.38. The Kier molecular flexibility index (Phi) is 6.42. The number of aromatic nitrogens is 2. The van der Waals surface area contributed by atoms with Crippen molar-refractivity contribution < 1.29 is 14.5 Å². The van der Waals surface area contributed by atoms with Crippen LogP contribution in [0.5, 0.6) is 11.5 Å². The Bertz CT molecular complexity index is 1110. The van der Waals surface area contributed by atoms with Crippen LogP contribution in [0, 0.1) is 24.0 Å². The van der Waals surface area contributed by atoms with Gasteiger partial charge in [0.15, 0.2) is 0 Å². The molecule has 1 aromatic heterocycles. The van der Waals surface area contributed by atoms with Crippen molar-refractivity contribution in [1.82, 2.24) is 9.78 Å². The molecule has 3 rings (SSSR count). The first-order chi connectivity index (χ1) is 14.2. The van der Waals surface area contributed by atoms with Gasteiger partial charge in [0.2, 0.25) is 5.91 Å². The number of halogens is 2. The van der Waals surface area contributed by atoms with E-state index in [-0.39, 0.29) is 23.0 Å². The van der Waals surface area contributed by atoms with Crippen LogP contribution >= 0.6 is 27.5 Å². The van der Waals surface area contributed by atoms with Crippen LogP contribution in [0.25, 0.3) is 0 Å². The van der Waals surface area contributed by atoms with Crippen LogP contribution in [-0.4, -0.2) is 20.6 Å². The van der Waals surface area contributed by atoms with Crippen LogP contribution in [0.1, 0.15) is 24.4 Å². The highest BCUT2D eigenvalue weighted by atomic mass is 79.9. The number of nitro benzene ring substituents is 1. The van der Waals surface area contributed by atoms with Crippen LogP contribution in [0.15, 0.2) is 46.9 Å². The molecule has 156 valence electrons. The molecule has 1 amide bonds. The maximum Gasteiger partial charge on any atom is 0.275 e. The van der Waals surface area contributed by atoms with E-state index in [1.54, 1.807) is 35.9 Å². The minimum Gasteiger partial charge on any atom is -0.457 e. The molecule has 8 nitrogen and oxygen atoms in total. The van der Waals surface area contributed by atoms with E-state index in [0.717, 1.165) is 15.9 Å². The smallest absolute Gasteiger partial charge is 0.275 e. The van der Waals surface area contributed by atoms with E-state index in [9.17, 15) is 14.9 Å². The Morgan fingerprint density at radius 3 is 2.47 bits per heavy atom. The van der Waals surface area contributed by atoms with E-state index >= 15 is 0 Å². The molecule has 1 heterocycles. The summed E-state index contributed by atoms with van der Waals surface area (Å²) in [5.74, 6) is 0.299. The van der Waals surface area contributed by atoms with Crippen molar-refractivity contribution in [3.8, 4) is 11.5 Å². The highest BCUT2D eigenvalue weighted by Gasteiger charge is 2.21. The van der Waals surface area contributed by atoms with Crippen LogP contribution in [0.3, 0.4) is 0 Å². The van der Waals surface area contributed by atoms with E-state index in [2.05, 4.69) is 26.3 Å². The molecule has 0 aliphatic carbocycles. The molecule has 0 saturated carbocycles. The zero-order chi connectivity index (χ0) is 22.0. The lowest BCUT2D eigenvalue weighted by Gasteiger charge is -2.15. The average molecular weight is 494 g/mol. The molecule has 30 heavy (non-hydrogen) atoms. The molecule has 0 radical (unpaired) electrons. The Morgan fingerprint density at radius 2 is 1.90 bits per heavy atom. The summed E-state index contributed by atoms with van der Waals surface area (Å²) in [5.41, 5.74) is 1.60. The number of benzene rings is 2. The Hall–Kier alpha value is -2.91. The van der Waals surface area contributed by atoms with E-state index in [1.165, 1.54) is 18.2 Å². The summed E-state index contributed by atoms with van der Waals surface area (Å²) < 4.78 is 8.12. The molecule has 1 N–H and O–H groups in total. The number of nitrogens with one attached hydrogen (secondary N) is 1. The van der Waals surface area contributed by atoms with Gasteiger partial charge in [-0.1, -0.05) is 11.6 Å². The number of nitro groups is 1. The highest BCUT2D eigenvalue weighted by Crippen LogP contribution is 2.31. The second-order valence-electron chi connectivity index (χ2n) is 6.62. The number of hydrogen-bond acceptors (Lipinski definition) is 5. The number of non-ortho nitro benzene ring substituents is 1. The molecule has 0 saturated heterocycles. The van der Waals surface area contributed by atoms with Gasteiger partial charge in [-0.3, -0.25) is 19.6 Å². The SMILES string of the molecule is Cc1nn(C(C)C(=O)Nc2cc(Oc3ccc(Cl)cc3)cc([N+](=O)[O-])c2)c(C)c1Br. The molecule has 0 aliphatic heterocycles. The molecule has 1 unspecified atom stereocenters. The summed E-state index contributed by atoms with van der Waals surface area (Å²) in [5, 5.41) is 18.9. The summed E-state index contributed by atoms with van der Waals surface area (Å²) >= 11 is 9.30. The largest absolute Gasteiger partial charge is 0.457 e. The fraction of sp³-hybridized carbons (Fsp3) is 0.200. The lowest BCUT2D eigenvalue weighted by atomic mass is 10.2. The molecule has 2 aromatic carbocycles. The van der Waals surface area contributed by atoms with E-state index < -0.39 is 11.0 Å². The summed E-state index contributed by atoms with van der Waals surface area (Å²) in [4.78, 5) is 23.5. The van der Waals surface area contributed by atoms with Crippen molar-refractivity contribution in [2.24, 2.45) is 0 Å². The van der Waals surface area contributed by atoms with Crippen molar-refractivity contribution in [3.05, 3.63) is 73.5 Å². The Labute approximate surface area is 186 Å². The minimum atomic E-state index is -0.630. The summed E-state index contributed by atoms with van der Waals surface area (Å²) in [7, 11) is 0. The van der Waals surface area contributed by atoms with Crippen LogP contribution in [0.2, 0.25) is 5.02 Å². The monoisotopic (exact) mass is 492 g/mol. The number of carbonyl (C=O) groups excluding carboxylic acids is 1. The number of amides is 1. The lowest BCUT2D eigenvalue weighted by Crippen LogP contribution is -2.25. The van der Waals surface area contributed by atoms with Crippen molar-refractivity contribution in [2.75, 3.05) is 5.32 Å². The van der Waals surface area contributed by atoms with Gasteiger partial charge in [-0.05, 0) is 61.0 Å². The van der Waals surface area contributed by atoms with Crippen LogP contribution < -0.4 is 10.1 Å². The van der Waals surface area contributed by atoms with E-state index in [4.69, 9.17) is 16.3 Å². The number of ether oxygens (including phenoxy) is 1. The fourth-order valence-corrected chi connectivity index (χ4v) is 3.22. The van der Waals surface area contributed by atoms with Crippen LogP contribution in [0.4, 0.5) is 11.4 Å². The highest BCUT2D eigenvalue weighted by molar-refractivity contribution is 9.10. The summed E-state index contributed by atoms with van der Waals surface area (Å²) in [6.07, 6.45) is 0. The van der Waals surface area contributed by atoms with Gasteiger partial charge in [-0.15, -0.1) is 0 Å². The molecule has 0 bridgehead atoms. The van der Waals surface area contributed by atoms with Crippen molar-refractivity contribution in [1.29, 1.82) is 0 Å². The lowest BCUT2D eigenvalue weighted by molar-refractivity contribution is -0.384. The molecule has 0 spiro atoms. The van der Waals surface area contributed by atoms with Crippen LogP contribution in [-0.2, 0) is 4.79 Å². The van der Waals surface area contributed by atoms with Gasteiger partial charge in [0.1, 0.15) is 17.5 Å². The predicted octanol–water partition coefficient (Wildman–Crippen LogP) is 5.82. The molecule has 3 aromatic rings. The van der Waals surface area contributed by atoms with Gasteiger partial charge in [-0.2, -0.15) is 5.10 Å². The average Bonchev–Trinajstić information content (AvgIpc) is 2.96. The maximum absolute atomic E-state index is 12.8. The topological polar surface area (TPSA) is 99.3 Å². The van der Waals surface area contributed by atoms with E-state index in [0.29, 0.717) is 10.8 Å². The Morgan fingerprint density at radius 1 is 1.23 bits per heavy atom. The predicted molar refractivity (Wildman–Crippen MR) is 117 cm³/mol. The number of carbonyl (C=O) groups is 1. The third-order valence-corrected chi connectivity index (χ3v) is 5.80. The van der Waals surface area contributed by atoms with Gasteiger partial charge in [-0.25, -0.2) is 0 Å². The fourth-order valence-electron chi connectivity index (χ4n) is 2.84. The van der Waals surface area contributed by atoms with Crippen molar-refractivity contribution in [3.63, 3.8) is 0 Å². The first-order valence-corrected chi connectivity index (χ1v) is 10.1. The molecule has 0 aliphatic rings. The van der Waals surface area contributed by atoms with Crippen molar-refractivity contribution >= 4 is 44.8 Å². The van der Waals surface area contributed by atoms with Crippen molar-refractivity contribution in [2.45, 2.75) is 26.8 Å². The zero-order valence-corrected chi connectivity index (χ0v) is 18.7. The molecule has 0 fully saturated rings. The van der Waals surface area contributed by atoms with Gasteiger partial charge in [0, 0.05) is 17.2 Å². The third-order valence-electron chi connectivity index (χ3n) is 4.40. The van der Waals surface area contributed by atoms with Gasteiger partial charge in [0.25, 0.3) is 5.69 Å². The standard InChI is InChI=1S/C20H18BrClN4O4/c1-11-19(21)12(2)25(24-11)13(3)20(27)23-15-8-16(26(28)29)10-18(9-15)30-17-6-4-14(22)5-7-17/h4-10,13H,1-3H3,(H,23,27). The molecule has 10 heteroatoms. The molecular formula is C20H18BrClN4O4. The number of aryl methyl sites for hydroxylation is 1. The van der Waals surface area contributed by atoms with E-state index in [1.807, 2.05) is 13.8 Å². The van der Waals surface area contributed by atoms with Gasteiger partial charge in [0.05, 0.1) is 32.5 Å². The quantitative estimate of drug-likeness (QED) is 0.345. The number of anilines is 1. The first-order valence-electron chi connectivity index (χ1n) is 8.90. The normalized spacial score (nSPS) is 11.8. The molecule has 1 atom stereocenters. The second-order valence-corrected chi connectivity index (χ2v) is 7.85. The first kappa shape index (κ1) is 21.8. The number of rotatable bonds is 6. The number of hydrogen-bond donors (Lipinski definition) is 1. The Balaban J connectivity index is 1.86. The minimum absolute atomic E-state index is 0.210. The second kappa shape index (κ2) is 8.85. The third kappa shape index (κ3) is 4.80.